The summed E-state index contributed by atoms with van der Waals surface area (Å²) in [6.45, 7) is 5.55. The van der Waals surface area contributed by atoms with Gasteiger partial charge >= 0.3 is 0 Å². The number of likely N-dealkylation sites (tertiary alicyclic amines) is 1. The first-order valence-corrected chi connectivity index (χ1v) is 9.74. The van der Waals surface area contributed by atoms with Gasteiger partial charge in [-0.15, -0.1) is 0 Å². The zero-order valence-electron chi connectivity index (χ0n) is 15.4. The minimum atomic E-state index is -0.433. The van der Waals surface area contributed by atoms with Gasteiger partial charge in [0.1, 0.15) is 0 Å². The third-order valence-electron chi connectivity index (χ3n) is 5.34. The lowest BCUT2D eigenvalue weighted by molar-refractivity contribution is -0.122. The average Bonchev–Trinajstić information content (AvgIpc) is 2.69. The van der Waals surface area contributed by atoms with Crippen molar-refractivity contribution >= 4 is 5.91 Å². The van der Waals surface area contributed by atoms with Crippen molar-refractivity contribution in [3.05, 3.63) is 35.9 Å². The Labute approximate surface area is 155 Å². The number of nitrogens with one attached hydrogen (secondary N) is 2. The van der Waals surface area contributed by atoms with Crippen LogP contribution in [0, 0.1) is 5.92 Å². The molecule has 2 fully saturated rings. The molecule has 26 heavy (non-hydrogen) atoms. The predicted molar refractivity (Wildman–Crippen MR) is 101 cm³/mol. The van der Waals surface area contributed by atoms with Crippen LogP contribution in [0.1, 0.15) is 30.9 Å². The molecule has 6 heteroatoms. The molecule has 2 aliphatic heterocycles. The number of nitrogens with zero attached hydrogens (tertiary/aromatic N) is 1. The second kappa shape index (κ2) is 10.0. The summed E-state index contributed by atoms with van der Waals surface area (Å²) in [5.41, 5.74) is 0.974. The smallest absolute Gasteiger partial charge is 0.221 e. The zero-order valence-corrected chi connectivity index (χ0v) is 15.4. The number of amides is 1. The third kappa shape index (κ3) is 6.06. The van der Waals surface area contributed by atoms with E-state index in [-0.39, 0.29) is 11.9 Å². The number of benzene rings is 1. The van der Waals surface area contributed by atoms with Crippen molar-refractivity contribution in [2.45, 2.75) is 31.4 Å². The minimum Gasteiger partial charge on any atom is -0.387 e. The molecule has 3 N–H and O–H groups in total. The number of carbonyl (C=O) groups excluding carboxylic acids is 1. The van der Waals surface area contributed by atoms with Crippen LogP contribution in [0.5, 0.6) is 0 Å². The van der Waals surface area contributed by atoms with Gasteiger partial charge in [0.2, 0.25) is 5.91 Å². The second-order valence-electron chi connectivity index (χ2n) is 7.40. The van der Waals surface area contributed by atoms with Crippen LogP contribution >= 0.6 is 0 Å². The van der Waals surface area contributed by atoms with Crippen LogP contribution in [0.15, 0.2) is 30.3 Å². The largest absolute Gasteiger partial charge is 0.387 e. The predicted octanol–water partition coefficient (Wildman–Crippen LogP) is 0.927. The Morgan fingerprint density at radius 1 is 1.31 bits per heavy atom. The third-order valence-corrected chi connectivity index (χ3v) is 5.34. The highest BCUT2D eigenvalue weighted by molar-refractivity contribution is 5.76. The number of β-amino-alcohol motifs (C(OH)–C–C–N with tert-alkyl or cyclic N) is 1. The molecule has 3 rings (SSSR count). The Bertz CT molecular complexity index is 540. The van der Waals surface area contributed by atoms with Gasteiger partial charge < -0.3 is 25.4 Å². The van der Waals surface area contributed by atoms with E-state index < -0.39 is 6.10 Å². The molecule has 2 heterocycles. The zero-order chi connectivity index (χ0) is 18.2. The first-order valence-electron chi connectivity index (χ1n) is 9.74. The van der Waals surface area contributed by atoms with Gasteiger partial charge in [0.15, 0.2) is 0 Å². The summed E-state index contributed by atoms with van der Waals surface area (Å²) in [4.78, 5) is 14.4. The fourth-order valence-corrected chi connectivity index (χ4v) is 3.70. The molecule has 0 bridgehead atoms. The number of carbonyl (C=O) groups is 1. The maximum absolute atomic E-state index is 12.1. The van der Waals surface area contributed by atoms with E-state index in [1.165, 1.54) is 0 Å². The number of hydrogen-bond acceptors (Lipinski definition) is 5. The molecule has 1 amide bonds. The lowest BCUT2D eigenvalue weighted by Crippen LogP contribution is -2.45. The lowest BCUT2D eigenvalue weighted by Gasteiger charge is -2.33. The van der Waals surface area contributed by atoms with Crippen molar-refractivity contribution in [3.8, 4) is 0 Å². The topological polar surface area (TPSA) is 73.8 Å². The molecule has 2 aliphatic rings. The molecule has 2 saturated heterocycles. The summed E-state index contributed by atoms with van der Waals surface area (Å²) < 4.78 is 5.38. The van der Waals surface area contributed by atoms with Gasteiger partial charge in [0.25, 0.3) is 0 Å². The van der Waals surface area contributed by atoms with Crippen molar-refractivity contribution in [2.75, 3.05) is 45.9 Å². The first-order chi connectivity index (χ1) is 12.7. The van der Waals surface area contributed by atoms with E-state index >= 15 is 0 Å². The van der Waals surface area contributed by atoms with Gasteiger partial charge in [-0.25, -0.2) is 0 Å². The van der Waals surface area contributed by atoms with Crippen LogP contribution in [0.4, 0.5) is 0 Å². The van der Waals surface area contributed by atoms with Crippen LogP contribution in [-0.4, -0.2) is 67.9 Å². The number of hydrogen-bond donors (Lipinski definition) is 3. The number of aliphatic hydroxyl groups excluding tert-OH is 1. The number of morpholine rings is 1. The minimum absolute atomic E-state index is 0.106. The second-order valence-corrected chi connectivity index (χ2v) is 7.40. The summed E-state index contributed by atoms with van der Waals surface area (Å²) in [6, 6.07) is 9.97. The van der Waals surface area contributed by atoms with Gasteiger partial charge in [0.05, 0.1) is 19.3 Å². The maximum Gasteiger partial charge on any atom is 0.221 e. The van der Waals surface area contributed by atoms with E-state index in [1.807, 2.05) is 30.3 Å². The average molecular weight is 361 g/mol. The van der Waals surface area contributed by atoms with Crippen molar-refractivity contribution in [2.24, 2.45) is 5.92 Å². The van der Waals surface area contributed by atoms with Crippen LogP contribution in [0.3, 0.4) is 0 Å². The number of ether oxygens (including phenoxy) is 1. The van der Waals surface area contributed by atoms with E-state index in [0.717, 1.165) is 51.2 Å². The van der Waals surface area contributed by atoms with Gasteiger partial charge in [-0.05, 0) is 37.4 Å². The van der Waals surface area contributed by atoms with Crippen LogP contribution in [0.2, 0.25) is 0 Å². The van der Waals surface area contributed by atoms with Crippen LogP contribution in [0.25, 0.3) is 0 Å². The Balaban J connectivity index is 1.31. The standard InChI is InChI=1S/C20H31N3O3/c24-19(17-4-2-1-3-5-17)14-23-9-6-16(7-10-23)13-22-20(25)12-18-15-26-11-8-21-18/h1-5,16,18-19,21,24H,6-15H2,(H,22,25). The highest BCUT2D eigenvalue weighted by atomic mass is 16.5. The molecule has 0 spiro atoms. The van der Waals surface area contributed by atoms with Crippen molar-refractivity contribution in [3.63, 3.8) is 0 Å². The summed E-state index contributed by atoms with van der Waals surface area (Å²) in [5, 5.41) is 16.7. The quantitative estimate of drug-likeness (QED) is 0.674. The van der Waals surface area contributed by atoms with E-state index in [1.54, 1.807) is 0 Å². The summed E-state index contributed by atoms with van der Waals surface area (Å²) in [6.07, 6.45) is 2.18. The van der Waals surface area contributed by atoms with Crippen LogP contribution < -0.4 is 10.6 Å². The highest BCUT2D eigenvalue weighted by Gasteiger charge is 2.23. The molecule has 1 aromatic carbocycles. The fraction of sp³-hybridized carbons (Fsp3) is 0.650. The summed E-state index contributed by atoms with van der Waals surface area (Å²) in [7, 11) is 0. The van der Waals surface area contributed by atoms with E-state index in [2.05, 4.69) is 15.5 Å². The molecule has 0 radical (unpaired) electrons. The molecule has 2 atom stereocenters. The molecule has 6 nitrogen and oxygen atoms in total. The summed E-state index contributed by atoms with van der Waals surface area (Å²) >= 11 is 0. The lowest BCUT2D eigenvalue weighted by atomic mass is 9.96. The van der Waals surface area contributed by atoms with E-state index in [4.69, 9.17) is 4.74 Å². The summed E-state index contributed by atoms with van der Waals surface area (Å²) in [5.74, 6) is 0.634. The molecular formula is C20H31N3O3. The Morgan fingerprint density at radius 3 is 2.77 bits per heavy atom. The van der Waals surface area contributed by atoms with Gasteiger partial charge in [-0.3, -0.25) is 4.79 Å². The molecule has 0 saturated carbocycles. The molecule has 144 valence electrons. The molecular weight excluding hydrogens is 330 g/mol. The highest BCUT2D eigenvalue weighted by Crippen LogP contribution is 2.20. The SMILES string of the molecule is O=C(CC1COCCN1)NCC1CCN(CC(O)c2ccccc2)CC1. The van der Waals surface area contributed by atoms with Crippen LogP contribution in [-0.2, 0) is 9.53 Å². The fourth-order valence-electron chi connectivity index (χ4n) is 3.70. The van der Waals surface area contributed by atoms with E-state index in [9.17, 15) is 9.90 Å². The molecule has 0 aliphatic carbocycles. The Kier molecular flexibility index (Phi) is 7.43. The normalized spacial score (nSPS) is 23.5. The molecule has 0 aromatic heterocycles. The van der Waals surface area contributed by atoms with E-state index in [0.29, 0.717) is 25.5 Å². The Morgan fingerprint density at radius 2 is 2.08 bits per heavy atom. The first kappa shape index (κ1) is 19.3. The maximum atomic E-state index is 12.1. The van der Waals surface area contributed by atoms with Crippen molar-refractivity contribution in [1.29, 1.82) is 0 Å². The van der Waals surface area contributed by atoms with Gasteiger partial charge in [-0.1, -0.05) is 30.3 Å². The molecule has 1 aromatic rings. The van der Waals surface area contributed by atoms with Gasteiger partial charge in [-0.2, -0.15) is 0 Å². The van der Waals surface area contributed by atoms with Crippen molar-refractivity contribution < 1.29 is 14.6 Å². The number of aliphatic hydroxyl groups is 1. The molecule has 2 unspecified atom stereocenters. The number of piperidine rings is 1. The monoisotopic (exact) mass is 361 g/mol. The van der Waals surface area contributed by atoms with Gasteiger partial charge in [0, 0.05) is 32.1 Å². The van der Waals surface area contributed by atoms with Crippen molar-refractivity contribution in [1.82, 2.24) is 15.5 Å². The Hall–Kier alpha value is -1.47. The number of rotatable bonds is 7.